The van der Waals surface area contributed by atoms with Crippen molar-refractivity contribution in [3.05, 3.63) is 64.5 Å². The number of piperidine rings is 1. The van der Waals surface area contributed by atoms with Crippen molar-refractivity contribution in [2.24, 2.45) is 11.8 Å². The molecule has 6 rings (SSSR count). The van der Waals surface area contributed by atoms with Crippen molar-refractivity contribution >= 4 is 53.8 Å². The Bertz CT molecular complexity index is 1730. The number of nitrogens with zero attached hydrogens (tertiary/aromatic N) is 2. The van der Waals surface area contributed by atoms with Crippen LogP contribution in [0.4, 0.5) is 5.00 Å². The van der Waals surface area contributed by atoms with Crippen LogP contribution in [0.3, 0.4) is 0 Å². The monoisotopic (exact) mass is 622 g/mol. The fourth-order valence-corrected chi connectivity index (χ4v) is 10.8. The molecule has 1 saturated heterocycles. The first kappa shape index (κ1) is 29.4. The van der Waals surface area contributed by atoms with Crippen LogP contribution < -0.4 is 10.6 Å². The van der Waals surface area contributed by atoms with E-state index in [9.17, 15) is 13.2 Å². The minimum absolute atomic E-state index is 0.129. The van der Waals surface area contributed by atoms with Gasteiger partial charge in [0.15, 0.2) is 0 Å². The lowest BCUT2D eigenvalue weighted by Gasteiger charge is -2.42. The Morgan fingerprint density at radius 3 is 2.33 bits per heavy atom. The molecule has 0 bridgehead atoms. The highest BCUT2D eigenvalue weighted by Gasteiger charge is 2.41. The van der Waals surface area contributed by atoms with Crippen LogP contribution in [0.25, 0.3) is 20.8 Å². The highest BCUT2D eigenvalue weighted by molar-refractivity contribution is 7.89. The third kappa shape index (κ3) is 5.43. The number of hydrogen-bond donors (Lipinski definition) is 2. The largest absolute Gasteiger partial charge is 0.313 e. The zero-order chi connectivity index (χ0) is 30.0. The van der Waals surface area contributed by atoms with E-state index in [1.54, 1.807) is 51.2 Å². The summed E-state index contributed by atoms with van der Waals surface area (Å²) in [5, 5.41) is 8.61. The molecule has 2 aromatic carbocycles. The number of nitrogens with one attached hydrogen (secondary N) is 2. The van der Waals surface area contributed by atoms with Crippen LogP contribution in [0.5, 0.6) is 0 Å². The predicted octanol–water partition coefficient (Wildman–Crippen LogP) is 7.10. The summed E-state index contributed by atoms with van der Waals surface area (Å²) in [5.41, 5.74) is 3.14. The van der Waals surface area contributed by atoms with Gasteiger partial charge in [-0.05, 0) is 94.3 Å². The molecule has 10 heteroatoms. The van der Waals surface area contributed by atoms with E-state index >= 15 is 0 Å². The number of carbonyl (C=O) groups excluding carboxylic acids is 1. The van der Waals surface area contributed by atoms with Gasteiger partial charge in [0.05, 0.1) is 15.1 Å². The van der Waals surface area contributed by atoms with Crippen LogP contribution in [-0.4, -0.2) is 42.2 Å². The zero-order valence-electron chi connectivity index (χ0n) is 24.9. The van der Waals surface area contributed by atoms with E-state index in [0.717, 1.165) is 38.6 Å². The molecule has 4 aromatic rings. The molecule has 2 aliphatic heterocycles. The zero-order valence-corrected chi connectivity index (χ0v) is 27.4. The first-order chi connectivity index (χ1) is 19.7. The standard InChI is InChI=1S/C32H38N4O3S3/c1-19-15-20(2)18-36(17-19)42(38,39)22-13-11-21(12-14-22)28(37)34-30-26(29-33-24-9-7-8-10-25(24)40-29)23-16-31(3,4)35-32(5,6)27(23)41-30/h7-14,19-20,35H,15-18H2,1-6H3,(H,34,37). The van der Waals surface area contributed by atoms with E-state index in [4.69, 9.17) is 4.98 Å². The Balaban J connectivity index is 1.34. The summed E-state index contributed by atoms with van der Waals surface area (Å²) in [6.45, 7) is 14.0. The Labute approximate surface area is 256 Å². The number of carbonyl (C=O) groups is 1. The average molecular weight is 623 g/mol. The van der Waals surface area contributed by atoms with E-state index in [0.29, 0.717) is 30.5 Å². The van der Waals surface area contributed by atoms with Gasteiger partial charge in [-0.25, -0.2) is 13.4 Å². The molecule has 42 heavy (non-hydrogen) atoms. The lowest BCUT2D eigenvalue weighted by atomic mass is 9.81. The van der Waals surface area contributed by atoms with Gasteiger partial charge in [-0.3, -0.25) is 4.79 Å². The molecular weight excluding hydrogens is 585 g/mol. The molecule has 7 nitrogen and oxygen atoms in total. The van der Waals surface area contributed by atoms with E-state index < -0.39 is 10.0 Å². The molecule has 0 radical (unpaired) electrons. The molecule has 2 unspecified atom stereocenters. The average Bonchev–Trinajstić information content (AvgIpc) is 3.48. The minimum Gasteiger partial charge on any atom is -0.313 e. The van der Waals surface area contributed by atoms with Gasteiger partial charge in [-0.15, -0.1) is 22.7 Å². The first-order valence-electron chi connectivity index (χ1n) is 14.5. The number of rotatable bonds is 5. The van der Waals surface area contributed by atoms with Gasteiger partial charge < -0.3 is 10.6 Å². The van der Waals surface area contributed by atoms with Crippen LogP contribution in [-0.2, 0) is 22.0 Å². The van der Waals surface area contributed by atoms with Crippen LogP contribution in [0.15, 0.2) is 53.4 Å². The smallest absolute Gasteiger partial charge is 0.256 e. The number of thiophene rings is 1. The van der Waals surface area contributed by atoms with Gasteiger partial charge in [-0.1, -0.05) is 26.0 Å². The molecule has 4 heterocycles. The van der Waals surface area contributed by atoms with Crippen molar-refractivity contribution in [1.29, 1.82) is 0 Å². The summed E-state index contributed by atoms with van der Waals surface area (Å²) in [6, 6.07) is 14.4. The molecule has 222 valence electrons. The number of sulfonamides is 1. The molecule has 0 saturated carbocycles. The Kier molecular flexibility index (Phi) is 7.37. The molecular formula is C32H38N4O3S3. The predicted molar refractivity (Wildman–Crippen MR) is 173 cm³/mol. The second-order valence-electron chi connectivity index (χ2n) is 13.2. The number of para-hydroxylation sites is 1. The van der Waals surface area contributed by atoms with Crippen LogP contribution in [0.1, 0.15) is 68.8 Å². The third-order valence-electron chi connectivity index (χ3n) is 8.17. The van der Waals surface area contributed by atoms with Gasteiger partial charge in [-0.2, -0.15) is 4.31 Å². The van der Waals surface area contributed by atoms with Gasteiger partial charge in [0, 0.05) is 40.2 Å². The van der Waals surface area contributed by atoms with Gasteiger partial charge >= 0.3 is 0 Å². The van der Waals surface area contributed by atoms with E-state index in [1.807, 2.05) is 18.2 Å². The van der Waals surface area contributed by atoms with Gasteiger partial charge in [0.25, 0.3) is 5.91 Å². The molecule has 2 aliphatic rings. The maximum absolute atomic E-state index is 13.6. The number of fused-ring (bicyclic) bond motifs is 2. The number of anilines is 1. The summed E-state index contributed by atoms with van der Waals surface area (Å²) in [5.74, 6) is 0.367. The van der Waals surface area contributed by atoms with E-state index in [2.05, 4.69) is 58.2 Å². The maximum atomic E-state index is 13.6. The highest BCUT2D eigenvalue weighted by Crippen LogP contribution is 2.50. The summed E-state index contributed by atoms with van der Waals surface area (Å²) < 4.78 is 29.4. The molecule has 1 fully saturated rings. The van der Waals surface area contributed by atoms with Crippen LogP contribution in [0.2, 0.25) is 0 Å². The fourth-order valence-electron chi connectivity index (χ4n) is 6.73. The Hall–Kier alpha value is -2.63. The van der Waals surface area contributed by atoms with Crippen molar-refractivity contribution in [1.82, 2.24) is 14.6 Å². The van der Waals surface area contributed by atoms with Crippen molar-refractivity contribution in [3.8, 4) is 10.6 Å². The SMILES string of the molecule is CC1CC(C)CN(S(=O)(=O)c2ccc(C(=O)Nc3sc4c(c3-c3nc5ccccc5s3)CC(C)(C)NC4(C)C)cc2)C1. The molecule has 1 amide bonds. The topological polar surface area (TPSA) is 91.4 Å². The summed E-state index contributed by atoms with van der Waals surface area (Å²) >= 11 is 3.23. The molecule has 0 spiro atoms. The lowest BCUT2D eigenvalue weighted by molar-refractivity contribution is 0.102. The first-order valence-corrected chi connectivity index (χ1v) is 17.5. The normalized spacial score (nSPS) is 22.1. The highest BCUT2D eigenvalue weighted by atomic mass is 32.2. The fraction of sp³-hybridized carbons (Fsp3) is 0.438. The number of benzene rings is 2. The second kappa shape index (κ2) is 10.5. The van der Waals surface area contributed by atoms with Crippen molar-refractivity contribution < 1.29 is 13.2 Å². The minimum atomic E-state index is -3.62. The molecule has 2 atom stereocenters. The molecule has 0 aliphatic carbocycles. The molecule has 2 aromatic heterocycles. The van der Waals surface area contributed by atoms with Gasteiger partial charge in [0.2, 0.25) is 10.0 Å². The quantitative estimate of drug-likeness (QED) is 0.248. The lowest BCUT2D eigenvalue weighted by Crippen LogP contribution is -2.54. The summed E-state index contributed by atoms with van der Waals surface area (Å²) in [6.07, 6.45) is 1.84. The summed E-state index contributed by atoms with van der Waals surface area (Å²) in [7, 11) is -3.62. The number of thiazole rings is 1. The van der Waals surface area contributed by atoms with E-state index in [1.165, 1.54) is 10.4 Å². The van der Waals surface area contributed by atoms with Crippen molar-refractivity contribution in [2.45, 2.75) is 70.4 Å². The van der Waals surface area contributed by atoms with Crippen LogP contribution in [0, 0.1) is 11.8 Å². The van der Waals surface area contributed by atoms with Gasteiger partial charge in [0.1, 0.15) is 10.0 Å². The van der Waals surface area contributed by atoms with E-state index in [-0.39, 0.29) is 21.9 Å². The maximum Gasteiger partial charge on any atom is 0.256 e. The number of aromatic nitrogens is 1. The Morgan fingerprint density at radius 1 is 1.00 bits per heavy atom. The number of hydrogen-bond acceptors (Lipinski definition) is 7. The Morgan fingerprint density at radius 2 is 1.67 bits per heavy atom. The molecule has 2 N–H and O–H groups in total. The van der Waals surface area contributed by atoms with Crippen LogP contribution >= 0.6 is 22.7 Å². The second-order valence-corrected chi connectivity index (χ2v) is 17.1. The van der Waals surface area contributed by atoms with Crippen molar-refractivity contribution in [2.75, 3.05) is 18.4 Å². The van der Waals surface area contributed by atoms with Crippen molar-refractivity contribution in [3.63, 3.8) is 0 Å². The third-order valence-corrected chi connectivity index (χ3v) is 12.5. The number of amides is 1. The summed E-state index contributed by atoms with van der Waals surface area (Å²) in [4.78, 5) is 20.0.